The Morgan fingerprint density at radius 1 is 1.08 bits per heavy atom. The standard InChI is InChI=1S/C39H55ClN6O3/c1-25-9-10-31(21-34(25)40)44(37(48)28-11-16-42(17-12-28)27(3)47)14-6-15-45-32-19-30-22-39(30,45)23-33(20-32)46-26(2)41-35-24-43(18-13-36(35)46)38(4,49)29-7-5-8-29/h9-10,21,28-30,32-33,49H,5-8,11-20,22-24H2,1-4H3/t30-,32-,33+,38?,39?/m1/s1. The van der Waals surface area contributed by atoms with E-state index in [9.17, 15) is 14.7 Å². The van der Waals surface area contributed by atoms with Crippen LogP contribution in [-0.2, 0) is 22.6 Å². The lowest BCUT2D eigenvalue weighted by atomic mass is 9.77. The van der Waals surface area contributed by atoms with Crippen molar-refractivity contribution in [2.75, 3.05) is 37.6 Å². The van der Waals surface area contributed by atoms with Crippen LogP contribution in [0.1, 0.15) is 107 Å². The van der Waals surface area contributed by atoms with E-state index in [1.807, 2.05) is 41.8 Å². The van der Waals surface area contributed by atoms with Gasteiger partial charge in [-0.2, -0.15) is 0 Å². The van der Waals surface area contributed by atoms with E-state index in [0.29, 0.717) is 55.5 Å². The molecule has 1 aromatic carbocycles. The average molecular weight is 691 g/mol. The molecule has 8 rings (SSSR count). The Hall–Kier alpha value is -2.46. The first-order valence-electron chi connectivity index (χ1n) is 19.1. The van der Waals surface area contributed by atoms with Gasteiger partial charge in [0.25, 0.3) is 0 Å². The van der Waals surface area contributed by atoms with Gasteiger partial charge < -0.3 is 19.5 Å². The van der Waals surface area contributed by atoms with Crippen LogP contribution in [0.15, 0.2) is 18.2 Å². The van der Waals surface area contributed by atoms with Crippen LogP contribution < -0.4 is 4.90 Å². The molecule has 5 heterocycles. The molecule has 10 heteroatoms. The zero-order chi connectivity index (χ0) is 34.2. The Morgan fingerprint density at radius 3 is 2.53 bits per heavy atom. The first kappa shape index (κ1) is 33.7. The molecule has 2 unspecified atom stereocenters. The molecule has 6 aliphatic rings. The second-order valence-electron chi connectivity index (χ2n) is 16.6. The van der Waals surface area contributed by atoms with Gasteiger partial charge in [0.05, 0.1) is 5.69 Å². The van der Waals surface area contributed by atoms with Gasteiger partial charge in [0.2, 0.25) is 11.8 Å². The molecule has 0 radical (unpaired) electrons. The molecule has 1 aromatic heterocycles. The number of anilines is 1. The van der Waals surface area contributed by atoms with Gasteiger partial charge in [-0.05, 0) is 102 Å². The summed E-state index contributed by atoms with van der Waals surface area (Å²) in [5.41, 5.74) is 4.02. The van der Waals surface area contributed by atoms with Gasteiger partial charge >= 0.3 is 0 Å². The maximum atomic E-state index is 14.1. The number of carbonyl (C=O) groups is 2. The van der Waals surface area contributed by atoms with Crippen molar-refractivity contribution in [3.8, 4) is 0 Å². The van der Waals surface area contributed by atoms with E-state index < -0.39 is 5.72 Å². The van der Waals surface area contributed by atoms with Crippen LogP contribution in [-0.4, -0.2) is 91.2 Å². The SMILES string of the molecule is CC(=O)N1CCC(C(=O)N(CCCN2[C@H]3C[C@H](n4c(C)nc5c4CCN(C(C)(O)C4CCC4)C5)CC24C[C@H]4C3)c2ccc(C)c(Cl)c2)CC1. The van der Waals surface area contributed by atoms with Gasteiger partial charge in [0.15, 0.2) is 0 Å². The number of aliphatic hydroxyl groups is 1. The van der Waals surface area contributed by atoms with Gasteiger partial charge in [0, 0.05) is 98.5 Å². The van der Waals surface area contributed by atoms with Gasteiger partial charge in [-0.15, -0.1) is 0 Å². The average Bonchev–Trinajstić information content (AvgIpc) is 3.53. The largest absolute Gasteiger partial charge is 0.376 e. The molecule has 2 aliphatic carbocycles. The Labute approximate surface area is 297 Å². The number of likely N-dealkylation sites (tertiary alicyclic amines) is 1. The maximum absolute atomic E-state index is 14.1. The number of carbonyl (C=O) groups excluding carboxylic acids is 2. The molecular weight excluding hydrogens is 636 g/mol. The molecule has 1 spiro atoms. The van der Waals surface area contributed by atoms with Crippen molar-refractivity contribution in [3.63, 3.8) is 0 Å². The summed E-state index contributed by atoms with van der Waals surface area (Å²) < 4.78 is 2.61. The number of halogens is 1. The van der Waals surface area contributed by atoms with Crippen molar-refractivity contribution >= 4 is 29.1 Å². The Kier molecular flexibility index (Phi) is 8.69. The molecule has 266 valence electrons. The first-order valence-corrected chi connectivity index (χ1v) is 19.5. The highest BCUT2D eigenvalue weighted by Gasteiger charge is 2.67. The number of hydrogen-bond donors (Lipinski definition) is 1. The lowest BCUT2D eigenvalue weighted by molar-refractivity contribution is -0.162. The number of benzene rings is 1. The summed E-state index contributed by atoms with van der Waals surface area (Å²) in [7, 11) is 0. The molecular formula is C39H55ClN6O3. The van der Waals surface area contributed by atoms with Crippen molar-refractivity contribution in [2.45, 2.75) is 128 Å². The van der Waals surface area contributed by atoms with Crippen LogP contribution in [0.4, 0.5) is 5.69 Å². The number of imidazole rings is 1. The van der Waals surface area contributed by atoms with Crippen LogP contribution in [0, 0.1) is 31.6 Å². The summed E-state index contributed by atoms with van der Waals surface area (Å²) >= 11 is 6.58. The van der Waals surface area contributed by atoms with E-state index in [1.165, 1.54) is 37.1 Å². The third-order valence-corrected chi connectivity index (χ3v) is 14.2. The fourth-order valence-electron chi connectivity index (χ4n) is 10.6. The summed E-state index contributed by atoms with van der Waals surface area (Å²) in [5, 5.41) is 12.1. The fourth-order valence-corrected chi connectivity index (χ4v) is 10.8. The first-order chi connectivity index (χ1) is 23.5. The summed E-state index contributed by atoms with van der Waals surface area (Å²) in [6.07, 6.45) is 11.7. The van der Waals surface area contributed by atoms with Crippen LogP contribution in [0.25, 0.3) is 0 Å². The van der Waals surface area contributed by atoms with Crippen molar-refractivity contribution < 1.29 is 14.7 Å². The molecule has 4 aliphatic heterocycles. The van der Waals surface area contributed by atoms with Crippen LogP contribution >= 0.6 is 11.6 Å². The minimum absolute atomic E-state index is 0.0743. The summed E-state index contributed by atoms with van der Waals surface area (Å²) in [6.45, 7) is 12.4. The minimum atomic E-state index is -0.739. The van der Waals surface area contributed by atoms with E-state index >= 15 is 0 Å². The number of rotatable bonds is 9. The van der Waals surface area contributed by atoms with E-state index in [1.54, 1.807) is 6.92 Å². The van der Waals surface area contributed by atoms with Gasteiger partial charge in [0.1, 0.15) is 11.5 Å². The molecule has 3 saturated heterocycles. The van der Waals surface area contributed by atoms with E-state index in [0.717, 1.165) is 74.7 Å². The highest BCUT2D eigenvalue weighted by atomic mass is 35.5. The molecule has 9 nitrogen and oxygen atoms in total. The second-order valence-corrected chi connectivity index (χ2v) is 17.0. The number of aromatic nitrogens is 2. The zero-order valence-electron chi connectivity index (χ0n) is 30.0. The van der Waals surface area contributed by atoms with Crippen molar-refractivity contribution in [2.24, 2.45) is 17.8 Å². The molecule has 5 fully saturated rings. The van der Waals surface area contributed by atoms with Gasteiger partial charge in [-0.3, -0.25) is 19.4 Å². The zero-order valence-corrected chi connectivity index (χ0v) is 30.7. The number of fused-ring (bicyclic) bond motifs is 2. The van der Waals surface area contributed by atoms with Crippen LogP contribution in [0.3, 0.4) is 0 Å². The minimum Gasteiger partial charge on any atom is -0.376 e. The molecule has 1 N–H and O–H groups in total. The quantitative estimate of drug-likeness (QED) is 0.355. The van der Waals surface area contributed by atoms with E-state index in [-0.39, 0.29) is 23.3 Å². The number of amides is 2. The summed E-state index contributed by atoms with van der Waals surface area (Å²) in [5.74, 6) is 2.49. The Bertz CT molecular complexity index is 1610. The smallest absolute Gasteiger partial charge is 0.230 e. The summed E-state index contributed by atoms with van der Waals surface area (Å²) in [4.78, 5) is 40.1. The number of piperidine rings is 3. The maximum Gasteiger partial charge on any atom is 0.230 e. The fraction of sp³-hybridized carbons (Fsp3) is 0.718. The number of nitrogens with zero attached hydrogens (tertiary/aromatic N) is 6. The third kappa shape index (κ3) is 5.84. The predicted molar refractivity (Wildman–Crippen MR) is 191 cm³/mol. The van der Waals surface area contributed by atoms with Gasteiger partial charge in [-0.1, -0.05) is 24.1 Å². The third-order valence-electron chi connectivity index (χ3n) is 13.8. The predicted octanol–water partition coefficient (Wildman–Crippen LogP) is 5.87. The van der Waals surface area contributed by atoms with E-state index in [2.05, 4.69) is 21.3 Å². The molecule has 5 atom stereocenters. The molecule has 2 amide bonds. The van der Waals surface area contributed by atoms with Gasteiger partial charge in [-0.25, -0.2) is 4.98 Å². The molecule has 49 heavy (non-hydrogen) atoms. The van der Waals surface area contributed by atoms with Crippen molar-refractivity contribution in [1.82, 2.24) is 24.3 Å². The van der Waals surface area contributed by atoms with Crippen molar-refractivity contribution in [1.29, 1.82) is 0 Å². The highest BCUT2D eigenvalue weighted by Crippen LogP contribution is 2.66. The second kappa shape index (κ2) is 12.6. The lowest BCUT2D eigenvalue weighted by Gasteiger charge is -2.47. The number of aryl methyl sites for hydroxylation is 2. The van der Waals surface area contributed by atoms with Crippen molar-refractivity contribution in [3.05, 3.63) is 46.0 Å². The molecule has 2 bridgehead atoms. The molecule has 2 saturated carbocycles. The molecule has 2 aromatic rings. The number of hydrogen-bond acceptors (Lipinski definition) is 6. The van der Waals surface area contributed by atoms with Crippen LogP contribution in [0.5, 0.6) is 0 Å². The summed E-state index contributed by atoms with van der Waals surface area (Å²) in [6, 6.07) is 7.06. The highest BCUT2D eigenvalue weighted by molar-refractivity contribution is 6.31. The van der Waals surface area contributed by atoms with Crippen LogP contribution in [0.2, 0.25) is 5.02 Å². The van der Waals surface area contributed by atoms with E-state index in [4.69, 9.17) is 16.6 Å². The Morgan fingerprint density at radius 2 is 1.86 bits per heavy atom. The lowest BCUT2D eigenvalue weighted by Crippen LogP contribution is -2.55. The monoisotopic (exact) mass is 690 g/mol. The Balaban J connectivity index is 0.940. The normalized spacial score (nSPS) is 30.0. The topological polar surface area (TPSA) is 85.2 Å².